The van der Waals surface area contributed by atoms with Crippen LogP contribution >= 0.6 is 0 Å². The maximum absolute atomic E-state index is 12.4. The van der Waals surface area contributed by atoms with Gasteiger partial charge < -0.3 is 15.8 Å². The Morgan fingerprint density at radius 1 is 1.41 bits per heavy atom. The van der Waals surface area contributed by atoms with E-state index in [4.69, 9.17) is 10.5 Å². The van der Waals surface area contributed by atoms with Crippen molar-refractivity contribution in [3.8, 4) is 0 Å². The van der Waals surface area contributed by atoms with Gasteiger partial charge in [0.1, 0.15) is 6.10 Å². The van der Waals surface area contributed by atoms with Gasteiger partial charge in [0.05, 0.1) is 6.10 Å². The fourth-order valence-electron chi connectivity index (χ4n) is 3.37. The maximum atomic E-state index is 12.4. The van der Waals surface area contributed by atoms with Crippen LogP contribution in [0.1, 0.15) is 37.3 Å². The fraction of sp³-hybridized carbons (Fsp3) is 0.588. The molecule has 2 heterocycles. The molecule has 0 unspecified atom stereocenters. The second kappa shape index (κ2) is 6.77. The van der Waals surface area contributed by atoms with Crippen LogP contribution in [-0.4, -0.2) is 36.1 Å². The molecule has 22 heavy (non-hydrogen) atoms. The van der Waals surface area contributed by atoms with E-state index in [1.807, 2.05) is 12.1 Å². The first-order valence-corrected chi connectivity index (χ1v) is 8.20. The van der Waals surface area contributed by atoms with Gasteiger partial charge in [0.2, 0.25) is 0 Å². The number of fused-ring (bicyclic) bond motifs is 1. The van der Waals surface area contributed by atoms with Crippen molar-refractivity contribution in [1.82, 2.24) is 4.90 Å². The topological polar surface area (TPSA) is 67.6 Å². The lowest BCUT2D eigenvalue weighted by Gasteiger charge is -2.15. The van der Waals surface area contributed by atoms with Gasteiger partial charge in [-0.25, -0.2) is 0 Å². The average molecular weight is 303 g/mol. The van der Waals surface area contributed by atoms with Crippen LogP contribution in [0.15, 0.2) is 18.2 Å². The summed E-state index contributed by atoms with van der Waals surface area (Å²) < 4.78 is 5.68. The Hall–Kier alpha value is -1.43. The smallest absolute Gasteiger partial charge is 0.253 e. The third-order valence-electron chi connectivity index (χ3n) is 4.51. The number of carbonyl (C=O) groups is 1. The first-order chi connectivity index (χ1) is 10.7. The van der Waals surface area contributed by atoms with Crippen LogP contribution in [0.5, 0.6) is 0 Å². The molecule has 1 amide bonds. The quantitative estimate of drug-likeness (QED) is 0.871. The highest BCUT2D eigenvalue weighted by Crippen LogP contribution is 2.30. The van der Waals surface area contributed by atoms with Crippen molar-refractivity contribution in [3.05, 3.63) is 29.3 Å². The van der Waals surface area contributed by atoms with E-state index in [2.05, 4.69) is 23.2 Å². The summed E-state index contributed by atoms with van der Waals surface area (Å²) in [5.74, 6) is -0.0432. The van der Waals surface area contributed by atoms with Crippen LogP contribution in [0.2, 0.25) is 0 Å². The van der Waals surface area contributed by atoms with Crippen LogP contribution in [-0.2, 0) is 22.6 Å². The highest BCUT2D eigenvalue weighted by molar-refractivity contribution is 5.95. The molecular formula is C17H25N3O2. The maximum Gasteiger partial charge on any atom is 0.253 e. The summed E-state index contributed by atoms with van der Waals surface area (Å²) in [6.07, 6.45) is 2.43. The predicted octanol–water partition coefficient (Wildman–Crippen LogP) is 1.86. The summed E-state index contributed by atoms with van der Waals surface area (Å²) >= 11 is 0. The van der Waals surface area contributed by atoms with E-state index in [1.54, 1.807) is 0 Å². The number of nitrogens with two attached hydrogens (primary N) is 1. The van der Waals surface area contributed by atoms with Gasteiger partial charge in [-0.3, -0.25) is 9.69 Å². The Balaban J connectivity index is 1.67. The monoisotopic (exact) mass is 303 g/mol. The lowest BCUT2D eigenvalue weighted by Crippen LogP contribution is -2.30. The summed E-state index contributed by atoms with van der Waals surface area (Å²) in [6, 6.07) is 6.15. The summed E-state index contributed by atoms with van der Waals surface area (Å²) in [6.45, 7) is 5.65. The van der Waals surface area contributed by atoms with Crippen LogP contribution in [0.4, 0.5) is 5.69 Å². The average Bonchev–Trinajstić information content (AvgIpc) is 3.14. The summed E-state index contributed by atoms with van der Waals surface area (Å²) in [4.78, 5) is 14.8. The van der Waals surface area contributed by atoms with E-state index in [0.29, 0.717) is 6.54 Å². The van der Waals surface area contributed by atoms with Crippen molar-refractivity contribution in [3.63, 3.8) is 0 Å². The van der Waals surface area contributed by atoms with Crippen molar-refractivity contribution in [2.45, 2.75) is 51.5 Å². The molecule has 3 rings (SSSR count). The number of rotatable bonds is 5. The molecule has 2 aliphatic rings. The second-order valence-electron chi connectivity index (χ2n) is 6.20. The largest absolute Gasteiger partial charge is 0.364 e. The van der Waals surface area contributed by atoms with E-state index in [9.17, 15) is 4.79 Å². The number of benzene rings is 1. The number of hydrogen-bond acceptors (Lipinski definition) is 4. The number of carbonyl (C=O) groups excluding carboxylic acids is 1. The molecule has 1 aromatic carbocycles. The molecule has 120 valence electrons. The molecule has 0 radical (unpaired) electrons. The standard InChI is InChI=1S/C17H25N3O2/c1-2-8-20-10-12-4-3-5-15(14(12)11-20)19-17(21)16-7-6-13(9-18)22-16/h3-5,13,16H,2,6-11,18H2,1H3,(H,19,21)/t13-,16+/m1/s1. The number of nitrogens with one attached hydrogen (secondary N) is 1. The van der Waals surface area contributed by atoms with E-state index < -0.39 is 0 Å². The molecule has 2 aliphatic heterocycles. The number of ether oxygens (including phenoxy) is 1. The molecule has 0 saturated carbocycles. The summed E-state index contributed by atoms with van der Waals surface area (Å²) in [5.41, 5.74) is 9.10. The molecule has 0 bridgehead atoms. The normalized spacial score (nSPS) is 24.5. The Kier molecular flexibility index (Phi) is 4.76. The van der Waals surface area contributed by atoms with Crippen LogP contribution in [0.25, 0.3) is 0 Å². The van der Waals surface area contributed by atoms with Crippen LogP contribution < -0.4 is 11.1 Å². The fourth-order valence-corrected chi connectivity index (χ4v) is 3.37. The molecule has 1 fully saturated rings. The third-order valence-corrected chi connectivity index (χ3v) is 4.51. The van der Waals surface area contributed by atoms with Gasteiger partial charge in [0.15, 0.2) is 0 Å². The van der Waals surface area contributed by atoms with Gasteiger partial charge in [-0.15, -0.1) is 0 Å². The highest BCUT2D eigenvalue weighted by Gasteiger charge is 2.30. The van der Waals surface area contributed by atoms with Crippen LogP contribution in [0, 0.1) is 0 Å². The Morgan fingerprint density at radius 2 is 2.27 bits per heavy atom. The Labute approximate surface area is 131 Å². The molecule has 0 aliphatic carbocycles. The summed E-state index contributed by atoms with van der Waals surface area (Å²) in [7, 11) is 0. The Morgan fingerprint density at radius 3 is 3.00 bits per heavy atom. The van der Waals surface area contributed by atoms with Gasteiger partial charge in [0, 0.05) is 25.3 Å². The van der Waals surface area contributed by atoms with Crippen LogP contribution in [0.3, 0.4) is 0 Å². The van der Waals surface area contributed by atoms with E-state index >= 15 is 0 Å². The minimum Gasteiger partial charge on any atom is -0.364 e. The molecule has 1 saturated heterocycles. The molecule has 0 spiro atoms. The number of nitrogens with zero attached hydrogens (tertiary/aromatic N) is 1. The highest BCUT2D eigenvalue weighted by atomic mass is 16.5. The van der Waals surface area contributed by atoms with Gasteiger partial charge in [-0.05, 0) is 43.0 Å². The van der Waals surface area contributed by atoms with Crippen molar-refractivity contribution < 1.29 is 9.53 Å². The van der Waals surface area contributed by atoms with Gasteiger partial charge >= 0.3 is 0 Å². The van der Waals surface area contributed by atoms with Crippen molar-refractivity contribution >= 4 is 11.6 Å². The number of anilines is 1. The molecule has 1 aromatic rings. The van der Waals surface area contributed by atoms with Gasteiger partial charge in [-0.2, -0.15) is 0 Å². The zero-order valence-corrected chi connectivity index (χ0v) is 13.2. The minimum atomic E-state index is -0.363. The van der Waals surface area contributed by atoms with Crippen molar-refractivity contribution in [1.29, 1.82) is 0 Å². The van der Waals surface area contributed by atoms with E-state index in [-0.39, 0.29) is 18.1 Å². The molecular weight excluding hydrogens is 278 g/mol. The summed E-state index contributed by atoms with van der Waals surface area (Å²) in [5, 5.41) is 3.06. The van der Waals surface area contributed by atoms with E-state index in [0.717, 1.165) is 44.6 Å². The molecule has 5 heteroatoms. The Bertz CT molecular complexity index is 547. The molecule has 2 atom stereocenters. The molecule has 0 aromatic heterocycles. The van der Waals surface area contributed by atoms with Crippen molar-refractivity contribution in [2.24, 2.45) is 5.73 Å². The lowest BCUT2D eigenvalue weighted by atomic mass is 10.1. The third kappa shape index (κ3) is 3.16. The lowest BCUT2D eigenvalue weighted by molar-refractivity contribution is -0.126. The SMILES string of the molecule is CCCN1Cc2cccc(NC(=O)[C@@H]3CC[C@H](CN)O3)c2C1. The molecule has 3 N–H and O–H groups in total. The van der Waals surface area contributed by atoms with Crippen molar-refractivity contribution in [2.75, 3.05) is 18.4 Å². The number of hydrogen-bond donors (Lipinski definition) is 2. The number of amides is 1. The zero-order valence-electron chi connectivity index (χ0n) is 13.2. The molecule has 5 nitrogen and oxygen atoms in total. The first-order valence-electron chi connectivity index (χ1n) is 8.20. The second-order valence-corrected chi connectivity index (χ2v) is 6.20. The predicted molar refractivity (Wildman–Crippen MR) is 86.4 cm³/mol. The van der Waals surface area contributed by atoms with Gasteiger partial charge in [0.25, 0.3) is 5.91 Å². The minimum absolute atomic E-state index is 0.0253. The zero-order chi connectivity index (χ0) is 15.5. The van der Waals surface area contributed by atoms with Gasteiger partial charge in [-0.1, -0.05) is 19.1 Å². The first kappa shape index (κ1) is 15.5. The van der Waals surface area contributed by atoms with E-state index in [1.165, 1.54) is 11.1 Å².